The Balaban J connectivity index is 1.35. The highest BCUT2D eigenvalue weighted by Crippen LogP contribution is 2.38. The maximum atomic E-state index is 14.0. The van der Waals surface area contributed by atoms with Crippen molar-refractivity contribution in [2.24, 2.45) is 0 Å². The summed E-state index contributed by atoms with van der Waals surface area (Å²) in [6.45, 7) is 2.85. The molecule has 1 atom stereocenters. The molecule has 3 heterocycles. The van der Waals surface area contributed by atoms with Crippen LogP contribution in [0, 0.1) is 0 Å². The number of amides is 1. The number of aromatic nitrogens is 1. The van der Waals surface area contributed by atoms with Gasteiger partial charge in [0.25, 0.3) is 0 Å². The molecule has 1 amide bonds. The van der Waals surface area contributed by atoms with Crippen LogP contribution in [-0.2, 0) is 21.4 Å². The summed E-state index contributed by atoms with van der Waals surface area (Å²) < 4.78 is 5.66. The molecule has 2 aromatic carbocycles. The Bertz CT molecular complexity index is 1060. The third-order valence-corrected chi connectivity index (χ3v) is 7.27. The van der Waals surface area contributed by atoms with Gasteiger partial charge in [-0.1, -0.05) is 66.7 Å². The van der Waals surface area contributed by atoms with Crippen LogP contribution in [0.3, 0.4) is 0 Å². The molecule has 2 fully saturated rings. The van der Waals surface area contributed by atoms with Gasteiger partial charge in [-0.15, -0.1) is 0 Å². The maximum absolute atomic E-state index is 14.0. The predicted octanol–water partition coefficient (Wildman–Crippen LogP) is 5.13. The third-order valence-electron chi connectivity index (χ3n) is 7.27. The molecule has 170 valence electrons. The van der Waals surface area contributed by atoms with Crippen LogP contribution in [0.25, 0.3) is 0 Å². The number of ether oxygens (including phenoxy) is 1. The molecule has 0 radical (unpaired) electrons. The van der Waals surface area contributed by atoms with E-state index >= 15 is 0 Å². The lowest BCUT2D eigenvalue weighted by atomic mass is 9.72. The number of nitrogens with zero attached hydrogens (tertiary/aromatic N) is 2. The molecule has 0 bridgehead atoms. The van der Waals surface area contributed by atoms with Gasteiger partial charge < -0.3 is 9.64 Å². The molecule has 2 aliphatic rings. The number of rotatable bonds is 5. The number of piperidine rings is 1. The predicted molar refractivity (Wildman–Crippen MR) is 130 cm³/mol. The Hall–Kier alpha value is -2.98. The summed E-state index contributed by atoms with van der Waals surface area (Å²) in [6, 6.07) is 27.2. The summed E-state index contributed by atoms with van der Waals surface area (Å²) in [7, 11) is 0. The average molecular weight is 441 g/mol. The summed E-state index contributed by atoms with van der Waals surface area (Å²) in [5.74, 6) is 0.549. The highest BCUT2D eigenvalue weighted by molar-refractivity contribution is 5.88. The first-order valence-electron chi connectivity index (χ1n) is 12.2. The van der Waals surface area contributed by atoms with Crippen LogP contribution in [0.15, 0.2) is 78.9 Å². The van der Waals surface area contributed by atoms with Crippen LogP contribution in [-0.4, -0.2) is 42.1 Å². The zero-order valence-electron chi connectivity index (χ0n) is 19.2. The number of likely N-dealkylation sites (tertiary alicyclic amines) is 1. The molecular formula is C29H32N2O2. The highest BCUT2D eigenvalue weighted by atomic mass is 16.5. The Morgan fingerprint density at radius 1 is 0.939 bits per heavy atom. The van der Waals surface area contributed by atoms with Gasteiger partial charge in [0.15, 0.2) is 0 Å². The molecule has 4 nitrogen and oxygen atoms in total. The van der Waals surface area contributed by atoms with Crippen molar-refractivity contribution >= 4 is 5.91 Å². The van der Waals surface area contributed by atoms with E-state index in [1.807, 2.05) is 24.3 Å². The van der Waals surface area contributed by atoms with Crippen LogP contribution in [0.1, 0.15) is 54.1 Å². The number of pyridine rings is 1. The van der Waals surface area contributed by atoms with Crippen molar-refractivity contribution in [2.75, 3.05) is 26.3 Å². The molecule has 5 rings (SSSR count). The Kier molecular flexibility index (Phi) is 6.54. The second-order valence-electron chi connectivity index (χ2n) is 9.37. The van der Waals surface area contributed by atoms with E-state index < -0.39 is 5.41 Å². The fourth-order valence-electron chi connectivity index (χ4n) is 5.44. The highest BCUT2D eigenvalue weighted by Gasteiger charge is 2.45. The van der Waals surface area contributed by atoms with Crippen LogP contribution < -0.4 is 0 Å². The maximum Gasteiger partial charge on any atom is 0.233 e. The van der Waals surface area contributed by atoms with Crippen molar-refractivity contribution in [2.45, 2.75) is 43.4 Å². The van der Waals surface area contributed by atoms with Gasteiger partial charge in [-0.2, -0.15) is 0 Å². The summed E-state index contributed by atoms with van der Waals surface area (Å²) in [4.78, 5) is 21.1. The number of benzene rings is 2. The molecule has 0 aliphatic carbocycles. The summed E-state index contributed by atoms with van der Waals surface area (Å²) in [5, 5.41) is 0. The lowest BCUT2D eigenvalue weighted by Gasteiger charge is -2.42. The van der Waals surface area contributed by atoms with Crippen molar-refractivity contribution < 1.29 is 9.53 Å². The van der Waals surface area contributed by atoms with Crippen molar-refractivity contribution in [1.82, 2.24) is 9.88 Å². The van der Waals surface area contributed by atoms with E-state index in [9.17, 15) is 4.79 Å². The Labute approximate surface area is 196 Å². The van der Waals surface area contributed by atoms with Gasteiger partial charge in [0, 0.05) is 50.0 Å². The van der Waals surface area contributed by atoms with Crippen molar-refractivity contribution in [3.05, 3.63) is 101 Å². The normalized spacial score (nSPS) is 20.4. The summed E-state index contributed by atoms with van der Waals surface area (Å²) in [6.07, 6.45) is 4.43. The third kappa shape index (κ3) is 4.72. The number of carbonyl (C=O) groups is 1. The van der Waals surface area contributed by atoms with Crippen LogP contribution >= 0.6 is 0 Å². The zero-order valence-corrected chi connectivity index (χ0v) is 19.2. The molecular weight excluding hydrogens is 408 g/mol. The van der Waals surface area contributed by atoms with Gasteiger partial charge in [0.2, 0.25) is 5.91 Å². The van der Waals surface area contributed by atoms with Crippen LogP contribution in [0.2, 0.25) is 0 Å². The van der Waals surface area contributed by atoms with Gasteiger partial charge in [0.05, 0.1) is 5.41 Å². The molecule has 4 heteroatoms. The second-order valence-corrected chi connectivity index (χ2v) is 9.37. The first-order valence-corrected chi connectivity index (χ1v) is 12.2. The van der Waals surface area contributed by atoms with Crippen LogP contribution in [0.4, 0.5) is 0 Å². The molecule has 2 aliphatic heterocycles. The molecule has 0 saturated carbocycles. The number of hydrogen-bond acceptors (Lipinski definition) is 3. The van der Waals surface area contributed by atoms with Crippen LogP contribution in [0.5, 0.6) is 0 Å². The smallest absolute Gasteiger partial charge is 0.233 e. The van der Waals surface area contributed by atoms with Crippen molar-refractivity contribution in [1.29, 1.82) is 0 Å². The van der Waals surface area contributed by atoms with E-state index in [0.29, 0.717) is 13.2 Å². The molecule has 3 aromatic rings. The molecule has 33 heavy (non-hydrogen) atoms. The topological polar surface area (TPSA) is 42.4 Å². The minimum atomic E-state index is -0.468. The minimum absolute atomic E-state index is 0.266. The standard InChI is InChI=1S/C29H32N2O2/c32-28(29(16-19-33-20-17-29)25-12-5-2-6-13-25)31-18-8-11-24(22-31)27-15-7-14-26(30-27)21-23-9-3-1-4-10-23/h1-7,9-10,12-15,24H,8,11,16-22H2. The van der Waals surface area contributed by atoms with E-state index in [0.717, 1.165) is 62.1 Å². The van der Waals surface area contributed by atoms with E-state index in [-0.39, 0.29) is 11.8 Å². The second kappa shape index (κ2) is 9.88. The van der Waals surface area contributed by atoms with Gasteiger partial charge in [0.1, 0.15) is 0 Å². The van der Waals surface area contributed by atoms with Gasteiger partial charge in [-0.3, -0.25) is 9.78 Å². The largest absolute Gasteiger partial charge is 0.381 e. The quantitative estimate of drug-likeness (QED) is 0.553. The fourth-order valence-corrected chi connectivity index (χ4v) is 5.44. The first-order chi connectivity index (χ1) is 16.2. The van der Waals surface area contributed by atoms with Crippen molar-refractivity contribution in [3.8, 4) is 0 Å². The minimum Gasteiger partial charge on any atom is -0.381 e. The fraction of sp³-hybridized carbons (Fsp3) is 0.379. The number of hydrogen-bond donors (Lipinski definition) is 0. The van der Waals surface area contributed by atoms with Gasteiger partial charge >= 0.3 is 0 Å². The SMILES string of the molecule is O=C(N1CCCC(c2cccc(Cc3ccccc3)n2)C1)C1(c2ccccc2)CCOCC1. The molecule has 0 spiro atoms. The van der Waals surface area contributed by atoms with E-state index in [1.165, 1.54) is 5.56 Å². The van der Waals surface area contributed by atoms with E-state index in [4.69, 9.17) is 9.72 Å². The van der Waals surface area contributed by atoms with E-state index in [1.54, 1.807) is 0 Å². The lowest BCUT2D eigenvalue weighted by molar-refractivity contribution is -0.142. The summed E-state index contributed by atoms with van der Waals surface area (Å²) >= 11 is 0. The average Bonchev–Trinajstić information content (AvgIpc) is 2.90. The monoisotopic (exact) mass is 440 g/mol. The Morgan fingerprint density at radius 2 is 1.67 bits per heavy atom. The summed E-state index contributed by atoms with van der Waals surface area (Å²) in [5.41, 5.74) is 4.13. The van der Waals surface area contributed by atoms with Crippen molar-refractivity contribution in [3.63, 3.8) is 0 Å². The molecule has 1 unspecified atom stereocenters. The lowest BCUT2D eigenvalue weighted by Crippen LogP contribution is -2.52. The number of carbonyl (C=O) groups excluding carboxylic acids is 1. The Morgan fingerprint density at radius 3 is 2.42 bits per heavy atom. The zero-order chi connectivity index (χ0) is 22.5. The van der Waals surface area contributed by atoms with E-state index in [2.05, 4.69) is 59.5 Å². The molecule has 2 saturated heterocycles. The molecule has 0 N–H and O–H groups in total. The van der Waals surface area contributed by atoms with Gasteiger partial charge in [-0.05, 0) is 48.9 Å². The molecule has 1 aromatic heterocycles. The van der Waals surface area contributed by atoms with Gasteiger partial charge in [-0.25, -0.2) is 0 Å². The first kappa shape index (κ1) is 21.8.